The van der Waals surface area contributed by atoms with Gasteiger partial charge in [-0.3, -0.25) is 0 Å². The van der Waals surface area contributed by atoms with Gasteiger partial charge in [-0.05, 0) is 18.9 Å². The monoisotopic (exact) mass is 154 g/mol. The molecule has 2 heterocycles. The summed E-state index contributed by atoms with van der Waals surface area (Å²) in [6.45, 7) is 3.76. The Morgan fingerprint density at radius 1 is 1.55 bits per heavy atom. The Kier molecular flexibility index (Phi) is 1.82. The van der Waals surface area contributed by atoms with E-state index in [0.717, 1.165) is 5.92 Å². The van der Waals surface area contributed by atoms with Crippen molar-refractivity contribution in [2.75, 3.05) is 26.7 Å². The zero-order valence-electron chi connectivity index (χ0n) is 6.86. The van der Waals surface area contributed by atoms with E-state index in [1.807, 2.05) is 6.21 Å². The van der Waals surface area contributed by atoms with Gasteiger partial charge in [-0.2, -0.15) is 0 Å². The summed E-state index contributed by atoms with van der Waals surface area (Å²) in [5.41, 5.74) is 0. The van der Waals surface area contributed by atoms with Gasteiger partial charge in [0, 0.05) is 25.2 Å². The molecule has 2 aliphatic rings. The van der Waals surface area contributed by atoms with E-state index in [4.69, 9.17) is 0 Å². The first kappa shape index (κ1) is 7.10. The highest BCUT2D eigenvalue weighted by atomic mass is 16.6. The van der Waals surface area contributed by atoms with Crippen molar-refractivity contribution in [1.29, 1.82) is 0 Å². The van der Waals surface area contributed by atoms with Crippen molar-refractivity contribution < 1.29 is 4.84 Å². The van der Waals surface area contributed by atoms with E-state index >= 15 is 0 Å². The van der Waals surface area contributed by atoms with Gasteiger partial charge >= 0.3 is 0 Å². The smallest absolute Gasteiger partial charge is 0.106 e. The summed E-state index contributed by atoms with van der Waals surface area (Å²) < 4.78 is 0. The van der Waals surface area contributed by atoms with Gasteiger partial charge in [0.2, 0.25) is 0 Å². The van der Waals surface area contributed by atoms with Crippen LogP contribution in [0.5, 0.6) is 0 Å². The topological polar surface area (TPSA) is 24.8 Å². The quantitative estimate of drug-likeness (QED) is 0.429. The minimum absolute atomic E-state index is 0.656. The predicted octanol–water partition coefficient (Wildman–Crippen LogP) is 0.570. The molecule has 0 aromatic rings. The third kappa shape index (κ3) is 1.25. The van der Waals surface area contributed by atoms with Crippen LogP contribution in [0, 0.1) is 11.8 Å². The lowest BCUT2D eigenvalue weighted by Gasteiger charge is -2.17. The minimum atomic E-state index is 0.656. The van der Waals surface area contributed by atoms with E-state index in [9.17, 15) is 0 Å². The summed E-state index contributed by atoms with van der Waals surface area (Å²) in [6, 6.07) is 0. The fraction of sp³-hybridized carbons (Fsp3) is 0.875. The molecule has 0 radical (unpaired) electrons. The number of piperidine rings is 1. The lowest BCUT2D eigenvalue weighted by molar-refractivity contribution is 0.211. The molecular weight excluding hydrogens is 140 g/mol. The fourth-order valence-electron chi connectivity index (χ4n) is 2.13. The molecule has 2 saturated heterocycles. The molecule has 3 nitrogen and oxygen atoms in total. The highest BCUT2D eigenvalue weighted by molar-refractivity contribution is 5.61. The van der Waals surface area contributed by atoms with E-state index in [0.29, 0.717) is 5.92 Å². The minimum Gasteiger partial charge on any atom is -0.399 e. The van der Waals surface area contributed by atoms with Gasteiger partial charge in [0.05, 0.1) is 0 Å². The van der Waals surface area contributed by atoms with Crippen molar-refractivity contribution in [3.05, 3.63) is 0 Å². The van der Waals surface area contributed by atoms with Crippen molar-refractivity contribution in [1.82, 2.24) is 4.90 Å². The second-order valence-electron chi connectivity index (χ2n) is 3.41. The van der Waals surface area contributed by atoms with E-state index < -0.39 is 0 Å². The molecular formula is C8H14N2O. The van der Waals surface area contributed by atoms with Gasteiger partial charge < -0.3 is 9.74 Å². The second-order valence-corrected chi connectivity index (χ2v) is 3.41. The molecule has 0 aromatic carbocycles. The summed E-state index contributed by atoms with van der Waals surface area (Å²) in [6.07, 6.45) is 3.31. The zero-order chi connectivity index (χ0) is 7.68. The van der Waals surface area contributed by atoms with Gasteiger partial charge in [-0.25, -0.2) is 0 Å². The largest absolute Gasteiger partial charge is 0.399 e. The van der Waals surface area contributed by atoms with Gasteiger partial charge in [-0.1, -0.05) is 5.16 Å². The van der Waals surface area contributed by atoms with Crippen LogP contribution in [0.1, 0.15) is 6.42 Å². The summed E-state index contributed by atoms with van der Waals surface area (Å²) in [5, 5.41) is 3.82. The van der Waals surface area contributed by atoms with Crippen molar-refractivity contribution >= 4 is 6.21 Å². The highest BCUT2D eigenvalue weighted by Crippen LogP contribution is 2.31. The van der Waals surface area contributed by atoms with E-state index in [1.54, 1.807) is 7.11 Å². The average Bonchev–Trinajstić information content (AvgIpc) is 2.60. The molecule has 0 aromatic heterocycles. The molecule has 11 heavy (non-hydrogen) atoms. The molecule has 0 N–H and O–H groups in total. The Morgan fingerprint density at radius 2 is 2.45 bits per heavy atom. The van der Waals surface area contributed by atoms with Crippen LogP contribution in [0.3, 0.4) is 0 Å². The maximum Gasteiger partial charge on any atom is 0.106 e. The standard InChI is InChI=1S/C8H14N2O/c1-11-9-4-8-6-10-3-2-7(8)5-10/h4,7-8H,2-3,5-6H2,1H3/b9-4+. The van der Waals surface area contributed by atoms with Crippen molar-refractivity contribution in [3.8, 4) is 0 Å². The maximum absolute atomic E-state index is 4.66. The third-order valence-corrected chi connectivity index (χ3v) is 2.74. The van der Waals surface area contributed by atoms with Crippen LogP contribution >= 0.6 is 0 Å². The molecule has 2 rings (SSSR count). The van der Waals surface area contributed by atoms with Crippen LogP contribution in [-0.4, -0.2) is 37.9 Å². The SMILES string of the molecule is CO/N=C/C1CN2CCC1C2. The number of hydrogen-bond acceptors (Lipinski definition) is 3. The third-order valence-electron chi connectivity index (χ3n) is 2.74. The first-order chi connectivity index (χ1) is 5.40. The van der Waals surface area contributed by atoms with Crippen LogP contribution in [-0.2, 0) is 4.84 Å². The summed E-state index contributed by atoms with van der Waals surface area (Å²) in [5.74, 6) is 1.51. The molecule has 2 fully saturated rings. The highest BCUT2D eigenvalue weighted by Gasteiger charge is 2.36. The Balaban J connectivity index is 1.92. The van der Waals surface area contributed by atoms with E-state index in [-0.39, 0.29) is 0 Å². The summed E-state index contributed by atoms with van der Waals surface area (Å²) in [4.78, 5) is 7.16. The number of hydrogen-bond donors (Lipinski definition) is 0. The predicted molar refractivity (Wildman–Crippen MR) is 43.5 cm³/mol. The first-order valence-electron chi connectivity index (χ1n) is 4.19. The molecule has 0 aliphatic carbocycles. The van der Waals surface area contributed by atoms with E-state index in [1.165, 1.54) is 26.1 Å². The Hall–Kier alpha value is -0.570. The Labute approximate surface area is 67.0 Å². The molecule has 3 atom stereocenters. The Morgan fingerprint density at radius 3 is 3.00 bits per heavy atom. The first-order valence-corrected chi connectivity index (χ1v) is 4.19. The van der Waals surface area contributed by atoms with Crippen LogP contribution in [0.25, 0.3) is 0 Å². The van der Waals surface area contributed by atoms with Crippen molar-refractivity contribution in [2.45, 2.75) is 6.42 Å². The molecule has 2 aliphatic heterocycles. The van der Waals surface area contributed by atoms with Crippen LogP contribution in [0.4, 0.5) is 0 Å². The number of oxime groups is 1. The molecule has 3 unspecified atom stereocenters. The summed E-state index contributed by atoms with van der Waals surface area (Å²) in [7, 11) is 1.60. The molecule has 0 saturated carbocycles. The molecule has 62 valence electrons. The second kappa shape index (κ2) is 2.81. The molecule has 0 amide bonds. The fourth-order valence-corrected chi connectivity index (χ4v) is 2.13. The Bertz CT molecular complexity index is 169. The van der Waals surface area contributed by atoms with E-state index in [2.05, 4.69) is 14.9 Å². The van der Waals surface area contributed by atoms with Crippen molar-refractivity contribution in [2.24, 2.45) is 17.0 Å². The number of nitrogens with zero attached hydrogens (tertiary/aromatic N) is 2. The zero-order valence-corrected chi connectivity index (χ0v) is 6.86. The lowest BCUT2D eigenvalue weighted by Crippen LogP contribution is -2.24. The number of rotatable bonds is 2. The van der Waals surface area contributed by atoms with Crippen LogP contribution in [0.2, 0.25) is 0 Å². The molecule has 0 spiro atoms. The lowest BCUT2D eigenvalue weighted by atomic mass is 9.94. The summed E-state index contributed by atoms with van der Waals surface area (Å²) >= 11 is 0. The van der Waals surface area contributed by atoms with Crippen LogP contribution < -0.4 is 0 Å². The van der Waals surface area contributed by atoms with Gasteiger partial charge in [0.25, 0.3) is 0 Å². The van der Waals surface area contributed by atoms with Gasteiger partial charge in [-0.15, -0.1) is 0 Å². The maximum atomic E-state index is 4.66. The van der Waals surface area contributed by atoms with Crippen molar-refractivity contribution in [3.63, 3.8) is 0 Å². The van der Waals surface area contributed by atoms with Crippen LogP contribution in [0.15, 0.2) is 5.16 Å². The molecule has 3 heteroatoms. The van der Waals surface area contributed by atoms with Gasteiger partial charge in [0.15, 0.2) is 0 Å². The average molecular weight is 154 g/mol. The molecule has 2 bridgehead atoms. The van der Waals surface area contributed by atoms with Gasteiger partial charge in [0.1, 0.15) is 7.11 Å². The normalized spacial score (nSPS) is 42.1. The number of fused-ring (bicyclic) bond motifs is 2.